The molecule has 0 aliphatic carbocycles. The zero-order valence-electron chi connectivity index (χ0n) is 8.14. The third-order valence-corrected chi connectivity index (χ3v) is 1.95. The van der Waals surface area contributed by atoms with E-state index in [1.165, 1.54) is 0 Å². The van der Waals surface area contributed by atoms with Gasteiger partial charge in [-0.3, -0.25) is 0 Å². The number of hydrogen-bond acceptors (Lipinski definition) is 3. The lowest BCUT2D eigenvalue weighted by molar-refractivity contribution is 1.06. The fourth-order valence-electron chi connectivity index (χ4n) is 1.35. The molecule has 0 fully saturated rings. The average Bonchev–Trinajstić information content (AvgIpc) is 2.17. The molecule has 0 unspecified atom stereocenters. The Kier molecular flexibility index (Phi) is 3.25. The smallest absolute Gasteiger partial charge is 0.139 e. The van der Waals surface area contributed by atoms with Crippen LogP contribution in [-0.2, 0) is 0 Å². The molecule has 0 aliphatic heterocycles. The zero-order valence-corrected chi connectivity index (χ0v) is 8.95. The first-order valence-corrected chi connectivity index (χ1v) is 4.16. The number of anilines is 1. The van der Waals surface area contributed by atoms with Crippen molar-refractivity contribution >= 4 is 29.1 Å². The van der Waals surface area contributed by atoms with Gasteiger partial charge in [-0.1, -0.05) is 12.1 Å². The van der Waals surface area contributed by atoms with Crippen LogP contribution in [0.2, 0.25) is 0 Å². The summed E-state index contributed by atoms with van der Waals surface area (Å²) in [6, 6.07) is 8.00. The van der Waals surface area contributed by atoms with Crippen LogP contribution >= 0.6 is 12.4 Å². The molecule has 0 amide bonds. The number of hydrogen-bond donors (Lipinski definition) is 0. The number of rotatable bonds is 1. The molecule has 2 aromatic rings. The van der Waals surface area contributed by atoms with Crippen molar-refractivity contribution in [3.05, 3.63) is 30.6 Å². The average molecular weight is 210 g/mol. The Balaban J connectivity index is 0.000000980. The molecule has 1 heterocycles. The second-order valence-electron chi connectivity index (χ2n) is 3.11. The summed E-state index contributed by atoms with van der Waals surface area (Å²) in [6.45, 7) is 0. The molecule has 4 heteroatoms. The number of benzene rings is 1. The number of nitrogens with zero attached hydrogens (tertiary/aromatic N) is 3. The Morgan fingerprint density at radius 3 is 2.50 bits per heavy atom. The van der Waals surface area contributed by atoms with Crippen LogP contribution in [0.25, 0.3) is 10.9 Å². The largest absolute Gasteiger partial charge is 0.362 e. The lowest BCUT2D eigenvalue weighted by Crippen LogP contribution is -2.11. The molecule has 0 saturated heterocycles. The summed E-state index contributed by atoms with van der Waals surface area (Å²) in [6.07, 6.45) is 1.59. The minimum atomic E-state index is 0. The van der Waals surface area contributed by atoms with Crippen molar-refractivity contribution in [1.29, 1.82) is 0 Å². The van der Waals surface area contributed by atoms with Crippen molar-refractivity contribution in [2.24, 2.45) is 0 Å². The van der Waals surface area contributed by atoms with Gasteiger partial charge in [-0.15, -0.1) is 12.4 Å². The summed E-state index contributed by atoms with van der Waals surface area (Å²) in [5.41, 5.74) is 0.987. The first kappa shape index (κ1) is 10.7. The Labute approximate surface area is 89.2 Å². The van der Waals surface area contributed by atoms with E-state index >= 15 is 0 Å². The molecule has 3 nitrogen and oxygen atoms in total. The van der Waals surface area contributed by atoms with E-state index in [1.54, 1.807) is 6.33 Å². The molecule has 0 radical (unpaired) electrons. The van der Waals surface area contributed by atoms with Gasteiger partial charge in [-0.2, -0.15) is 0 Å². The summed E-state index contributed by atoms with van der Waals surface area (Å²) in [5, 5.41) is 1.09. The molecule has 0 bridgehead atoms. The van der Waals surface area contributed by atoms with E-state index < -0.39 is 0 Å². The van der Waals surface area contributed by atoms with E-state index in [2.05, 4.69) is 9.97 Å². The van der Waals surface area contributed by atoms with Gasteiger partial charge in [0.25, 0.3) is 0 Å². The van der Waals surface area contributed by atoms with Gasteiger partial charge in [0, 0.05) is 19.5 Å². The molecule has 0 saturated carbocycles. The Bertz CT molecular complexity index is 423. The third-order valence-electron chi connectivity index (χ3n) is 1.95. The first-order valence-electron chi connectivity index (χ1n) is 4.16. The standard InChI is InChI=1S/C10H11N3.ClH/c1-13(2)10-8-5-3-4-6-9(8)11-7-12-10;/h3-7H,1-2H3;1H. The van der Waals surface area contributed by atoms with E-state index in [4.69, 9.17) is 0 Å². The normalized spacial score (nSPS) is 9.57. The van der Waals surface area contributed by atoms with Gasteiger partial charge in [0.05, 0.1) is 5.52 Å². The second kappa shape index (κ2) is 4.24. The van der Waals surface area contributed by atoms with Crippen LogP contribution in [0.1, 0.15) is 0 Å². The van der Waals surface area contributed by atoms with Crippen LogP contribution < -0.4 is 4.90 Å². The highest BCUT2D eigenvalue weighted by molar-refractivity contribution is 5.88. The highest BCUT2D eigenvalue weighted by Gasteiger charge is 2.02. The van der Waals surface area contributed by atoms with Crippen molar-refractivity contribution in [3.8, 4) is 0 Å². The van der Waals surface area contributed by atoms with Gasteiger partial charge in [0.1, 0.15) is 12.1 Å². The molecule has 1 aromatic carbocycles. The van der Waals surface area contributed by atoms with Crippen LogP contribution in [0, 0.1) is 0 Å². The highest BCUT2D eigenvalue weighted by Crippen LogP contribution is 2.19. The molecule has 14 heavy (non-hydrogen) atoms. The number of fused-ring (bicyclic) bond motifs is 1. The number of aromatic nitrogens is 2. The topological polar surface area (TPSA) is 29.0 Å². The molecule has 0 aliphatic rings. The van der Waals surface area contributed by atoms with Crippen molar-refractivity contribution in [3.63, 3.8) is 0 Å². The first-order chi connectivity index (χ1) is 6.29. The van der Waals surface area contributed by atoms with E-state index in [1.807, 2.05) is 43.3 Å². The molecule has 0 spiro atoms. The highest BCUT2D eigenvalue weighted by atomic mass is 35.5. The predicted molar refractivity (Wildman–Crippen MR) is 61.1 cm³/mol. The van der Waals surface area contributed by atoms with Gasteiger partial charge < -0.3 is 4.90 Å². The van der Waals surface area contributed by atoms with Gasteiger partial charge in [-0.25, -0.2) is 9.97 Å². The number of para-hydroxylation sites is 1. The van der Waals surface area contributed by atoms with Gasteiger partial charge in [0.15, 0.2) is 0 Å². The van der Waals surface area contributed by atoms with E-state index in [0.29, 0.717) is 0 Å². The zero-order chi connectivity index (χ0) is 9.26. The third kappa shape index (κ3) is 1.77. The van der Waals surface area contributed by atoms with Crippen LogP contribution in [-0.4, -0.2) is 24.1 Å². The molecule has 74 valence electrons. The van der Waals surface area contributed by atoms with Crippen molar-refractivity contribution < 1.29 is 0 Å². The second-order valence-corrected chi connectivity index (χ2v) is 3.11. The molecule has 1 aromatic heterocycles. The minimum absolute atomic E-state index is 0. The molecule has 0 N–H and O–H groups in total. The number of halogens is 1. The van der Waals surface area contributed by atoms with Gasteiger partial charge in [0.2, 0.25) is 0 Å². The van der Waals surface area contributed by atoms with Crippen LogP contribution in [0.5, 0.6) is 0 Å². The van der Waals surface area contributed by atoms with Crippen LogP contribution in [0.4, 0.5) is 5.82 Å². The SMILES string of the molecule is CN(C)c1ncnc2ccccc12.Cl. The summed E-state index contributed by atoms with van der Waals surface area (Å²) in [4.78, 5) is 10.4. The lowest BCUT2D eigenvalue weighted by Gasteiger charge is -2.12. The van der Waals surface area contributed by atoms with Crippen molar-refractivity contribution in [2.75, 3.05) is 19.0 Å². The molecule has 2 rings (SSSR count). The Morgan fingerprint density at radius 1 is 1.07 bits per heavy atom. The van der Waals surface area contributed by atoms with Gasteiger partial charge >= 0.3 is 0 Å². The fraction of sp³-hybridized carbons (Fsp3) is 0.200. The quantitative estimate of drug-likeness (QED) is 0.721. The summed E-state index contributed by atoms with van der Waals surface area (Å²) in [7, 11) is 3.96. The van der Waals surface area contributed by atoms with Crippen molar-refractivity contribution in [2.45, 2.75) is 0 Å². The predicted octanol–water partition coefficient (Wildman–Crippen LogP) is 2.12. The molecule has 0 atom stereocenters. The van der Waals surface area contributed by atoms with E-state index in [0.717, 1.165) is 16.7 Å². The monoisotopic (exact) mass is 209 g/mol. The van der Waals surface area contributed by atoms with E-state index in [-0.39, 0.29) is 12.4 Å². The maximum absolute atomic E-state index is 4.22. The summed E-state index contributed by atoms with van der Waals surface area (Å²) >= 11 is 0. The summed E-state index contributed by atoms with van der Waals surface area (Å²) in [5.74, 6) is 0.964. The Morgan fingerprint density at radius 2 is 1.79 bits per heavy atom. The van der Waals surface area contributed by atoms with Gasteiger partial charge in [-0.05, 0) is 12.1 Å². The molecular formula is C10H12ClN3. The fourth-order valence-corrected chi connectivity index (χ4v) is 1.35. The maximum Gasteiger partial charge on any atom is 0.139 e. The van der Waals surface area contributed by atoms with Crippen molar-refractivity contribution in [1.82, 2.24) is 9.97 Å². The lowest BCUT2D eigenvalue weighted by atomic mass is 10.2. The Hall–Kier alpha value is -1.35. The molecular weight excluding hydrogens is 198 g/mol. The minimum Gasteiger partial charge on any atom is -0.362 e. The maximum atomic E-state index is 4.22. The van der Waals surface area contributed by atoms with Crippen LogP contribution in [0.3, 0.4) is 0 Å². The van der Waals surface area contributed by atoms with E-state index in [9.17, 15) is 0 Å². The summed E-state index contributed by atoms with van der Waals surface area (Å²) < 4.78 is 0. The van der Waals surface area contributed by atoms with Crippen LogP contribution in [0.15, 0.2) is 30.6 Å².